The molecule has 0 aliphatic rings. The monoisotopic (exact) mass is 290 g/mol. The summed E-state index contributed by atoms with van der Waals surface area (Å²) >= 11 is 1.71. The van der Waals surface area contributed by atoms with Crippen LogP contribution in [0.25, 0.3) is 0 Å². The van der Waals surface area contributed by atoms with Crippen molar-refractivity contribution in [3.05, 3.63) is 46.2 Å². The number of carbonyl (C=O) groups excluding carboxylic acids is 1. The van der Waals surface area contributed by atoms with Crippen molar-refractivity contribution < 1.29 is 9.90 Å². The molecule has 0 bridgehead atoms. The van der Waals surface area contributed by atoms with Gasteiger partial charge in [-0.2, -0.15) is 0 Å². The molecule has 1 heterocycles. The van der Waals surface area contributed by atoms with E-state index in [1.165, 1.54) is 10.4 Å². The molecule has 106 valence electrons. The summed E-state index contributed by atoms with van der Waals surface area (Å²) in [6, 6.07) is 8.54. The van der Waals surface area contributed by atoms with Crippen LogP contribution in [0.1, 0.15) is 10.4 Å². The van der Waals surface area contributed by atoms with Crippen molar-refractivity contribution in [2.45, 2.75) is 13.5 Å². The molecule has 0 saturated heterocycles. The molecule has 0 aliphatic heterocycles. The van der Waals surface area contributed by atoms with E-state index in [4.69, 9.17) is 0 Å². The van der Waals surface area contributed by atoms with E-state index in [-0.39, 0.29) is 11.7 Å². The number of nitrogens with one attached hydrogen (secondary N) is 1. The normalized spacial score (nSPS) is 10.8. The van der Waals surface area contributed by atoms with Crippen LogP contribution in [0.3, 0.4) is 0 Å². The quantitative estimate of drug-likeness (QED) is 0.833. The van der Waals surface area contributed by atoms with Gasteiger partial charge in [-0.15, -0.1) is 11.3 Å². The van der Waals surface area contributed by atoms with Gasteiger partial charge in [0.25, 0.3) is 0 Å². The largest absolute Gasteiger partial charge is 0.508 e. The molecule has 4 nitrogen and oxygen atoms in total. The first-order valence-corrected chi connectivity index (χ1v) is 7.23. The van der Waals surface area contributed by atoms with E-state index in [2.05, 4.69) is 23.7 Å². The van der Waals surface area contributed by atoms with Crippen LogP contribution in [-0.4, -0.2) is 29.5 Å². The minimum Gasteiger partial charge on any atom is -0.508 e. The Bertz CT molecular complexity index is 578. The summed E-state index contributed by atoms with van der Waals surface area (Å²) in [5, 5.41) is 14.1. The molecule has 0 radical (unpaired) electrons. The Hall–Kier alpha value is -1.85. The Morgan fingerprint density at radius 3 is 2.60 bits per heavy atom. The standard InChI is InChI=1S/C15H18N2O2S/c1-11-7-8-20-14(11)9-17(2)10-15(19)16-12-3-5-13(18)6-4-12/h3-8,18H,9-10H2,1-2H3,(H,16,19). The second kappa shape index (κ2) is 6.54. The predicted molar refractivity (Wildman–Crippen MR) is 82.1 cm³/mol. The maximum atomic E-state index is 11.9. The Kier molecular flexibility index (Phi) is 4.76. The zero-order chi connectivity index (χ0) is 14.5. The van der Waals surface area contributed by atoms with Crippen molar-refractivity contribution in [3.63, 3.8) is 0 Å². The number of amides is 1. The van der Waals surface area contributed by atoms with E-state index in [1.54, 1.807) is 35.6 Å². The van der Waals surface area contributed by atoms with Crippen molar-refractivity contribution in [2.75, 3.05) is 18.9 Å². The molecular formula is C15H18N2O2S. The van der Waals surface area contributed by atoms with Crippen molar-refractivity contribution in [2.24, 2.45) is 0 Å². The minimum atomic E-state index is -0.0626. The van der Waals surface area contributed by atoms with Crippen LogP contribution in [0.2, 0.25) is 0 Å². The molecular weight excluding hydrogens is 272 g/mol. The fourth-order valence-corrected chi connectivity index (χ4v) is 2.84. The lowest BCUT2D eigenvalue weighted by Gasteiger charge is -2.16. The molecule has 1 aromatic heterocycles. The van der Waals surface area contributed by atoms with Crippen molar-refractivity contribution >= 4 is 22.9 Å². The summed E-state index contributed by atoms with van der Waals surface area (Å²) in [5.74, 6) is 0.126. The van der Waals surface area contributed by atoms with Crippen molar-refractivity contribution in [1.29, 1.82) is 0 Å². The lowest BCUT2D eigenvalue weighted by atomic mass is 10.3. The number of nitrogens with zero attached hydrogens (tertiary/aromatic N) is 1. The van der Waals surface area contributed by atoms with Crippen LogP contribution in [0.15, 0.2) is 35.7 Å². The number of likely N-dealkylation sites (N-methyl/N-ethyl adjacent to an activating group) is 1. The second-order valence-electron chi connectivity index (χ2n) is 4.79. The van der Waals surface area contributed by atoms with Crippen LogP contribution in [0.5, 0.6) is 5.75 Å². The fraction of sp³-hybridized carbons (Fsp3) is 0.267. The van der Waals surface area contributed by atoms with E-state index in [9.17, 15) is 9.90 Å². The maximum Gasteiger partial charge on any atom is 0.238 e. The Balaban J connectivity index is 1.85. The number of thiophene rings is 1. The number of anilines is 1. The molecule has 2 aromatic rings. The first kappa shape index (κ1) is 14.6. The molecule has 0 atom stereocenters. The van der Waals surface area contributed by atoms with Crippen LogP contribution in [0.4, 0.5) is 5.69 Å². The van der Waals surface area contributed by atoms with Gasteiger partial charge in [-0.25, -0.2) is 0 Å². The van der Waals surface area contributed by atoms with Crippen LogP contribution in [0, 0.1) is 6.92 Å². The first-order chi connectivity index (χ1) is 9.54. The number of carbonyl (C=O) groups is 1. The molecule has 0 spiro atoms. The minimum absolute atomic E-state index is 0.0626. The Labute approximate surface area is 122 Å². The van der Waals surface area contributed by atoms with Crippen LogP contribution in [-0.2, 0) is 11.3 Å². The zero-order valence-corrected chi connectivity index (χ0v) is 12.4. The zero-order valence-electron chi connectivity index (χ0n) is 11.6. The van der Waals surface area contributed by atoms with E-state index in [0.717, 1.165) is 6.54 Å². The maximum absolute atomic E-state index is 11.9. The van der Waals surface area contributed by atoms with Gasteiger partial charge in [0.1, 0.15) is 5.75 Å². The highest BCUT2D eigenvalue weighted by atomic mass is 32.1. The number of aryl methyl sites for hydroxylation is 1. The summed E-state index contributed by atoms with van der Waals surface area (Å²) in [6.07, 6.45) is 0. The molecule has 2 N–H and O–H groups in total. The van der Waals surface area contributed by atoms with E-state index in [0.29, 0.717) is 12.2 Å². The van der Waals surface area contributed by atoms with E-state index in [1.807, 2.05) is 11.9 Å². The van der Waals surface area contributed by atoms with Gasteiger partial charge in [0.15, 0.2) is 0 Å². The second-order valence-corrected chi connectivity index (χ2v) is 5.79. The van der Waals surface area contributed by atoms with Gasteiger partial charge in [-0.05, 0) is 55.2 Å². The summed E-state index contributed by atoms with van der Waals surface area (Å²) in [6.45, 7) is 3.18. The molecule has 1 aromatic carbocycles. The first-order valence-electron chi connectivity index (χ1n) is 6.35. The predicted octanol–water partition coefficient (Wildman–Crippen LogP) is 2.83. The molecule has 0 saturated carbocycles. The number of aromatic hydroxyl groups is 1. The number of phenolic OH excluding ortho intramolecular Hbond substituents is 1. The molecule has 5 heteroatoms. The summed E-state index contributed by atoms with van der Waals surface area (Å²) in [4.78, 5) is 15.2. The van der Waals surface area contributed by atoms with E-state index >= 15 is 0 Å². The number of hydrogen-bond acceptors (Lipinski definition) is 4. The summed E-state index contributed by atoms with van der Waals surface area (Å²) < 4.78 is 0. The van der Waals surface area contributed by atoms with Crippen molar-refractivity contribution in [1.82, 2.24) is 4.90 Å². The van der Waals surface area contributed by atoms with Gasteiger partial charge in [-0.1, -0.05) is 0 Å². The van der Waals surface area contributed by atoms with Crippen LogP contribution >= 0.6 is 11.3 Å². The molecule has 0 fully saturated rings. The molecule has 0 aliphatic carbocycles. The number of hydrogen-bond donors (Lipinski definition) is 2. The highest BCUT2D eigenvalue weighted by Crippen LogP contribution is 2.17. The third-order valence-electron chi connectivity index (χ3n) is 2.95. The average Bonchev–Trinajstić information content (AvgIpc) is 2.77. The topological polar surface area (TPSA) is 52.6 Å². The lowest BCUT2D eigenvalue weighted by Crippen LogP contribution is -2.29. The highest BCUT2D eigenvalue weighted by Gasteiger charge is 2.09. The fourth-order valence-electron chi connectivity index (χ4n) is 1.86. The highest BCUT2D eigenvalue weighted by molar-refractivity contribution is 7.10. The van der Waals surface area contributed by atoms with Gasteiger partial charge in [-0.3, -0.25) is 9.69 Å². The van der Waals surface area contributed by atoms with Gasteiger partial charge in [0.05, 0.1) is 6.54 Å². The number of benzene rings is 1. The van der Waals surface area contributed by atoms with Gasteiger partial charge < -0.3 is 10.4 Å². The molecule has 20 heavy (non-hydrogen) atoms. The number of phenols is 1. The Morgan fingerprint density at radius 2 is 2.00 bits per heavy atom. The Morgan fingerprint density at radius 1 is 1.30 bits per heavy atom. The van der Waals surface area contributed by atoms with Gasteiger partial charge in [0.2, 0.25) is 5.91 Å². The number of rotatable bonds is 5. The van der Waals surface area contributed by atoms with Gasteiger partial charge >= 0.3 is 0 Å². The molecule has 2 rings (SSSR count). The smallest absolute Gasteiger partial charge is 0.238 e. The third kappa shape index (κ3) is 4.08. The van der Waals surface area contributed by atoms with E-state index < -0.39 is 0 Å². The van der Waals surface area contributed by atoms with Crippen LogP contribution < -0.4 is 5.32 Å². The SMILES string of the molecule is Cc1ccsc1CN(C)CC(=O)Nc1ccc(O)cc1. The lowest BCUT2D eigenvalue weighted by molar-refractivity contribution is -0.117. The summed E-state index contributed by atoms with van der Waals surface area (Å²) in [7, 11) is 1.93. The van der Waals surface area contributed by atoms with Crippen molar-refractivity contribution in [3.8, 4) is 5.75 Å². The third-order valence-corrected chi connectivity index (χ3v) is 3.95. The molecule has 1 amide bonds. The van der Waals surface area contributed by atoms with Gasteiger partial charge in [0, 0.05) is 17.1 Å². The average molecular weight is 290 g/mol. The molecule has 0 unspecified atom stereocenters. The summed E-state index contributed by atoms with van der Waals surface area (Å²) in [5.41, 5.74) is 1.95.